The number of anilines is 6. The maximum absolute atomic E-state index is 5.48. The van der Waals surface area contributed by atoms with Gasteiger partial charge in [0, 0.05) is 55.7 Å². The fraction of sp³-hybridized carbons (Fsp3) is 0. The van der Waals surface area contributed by atoms with Crippen molar-refractivity contribution in [3.05, 3.63) is 194 Å². The van der Waals surface area contributed by atoms with Crippen molar-refractivity contribution in [3.8, 4) is 22.5 Å². The van der Waals surface area contributed by atoms with Gasteiger partial charge in [0.15, 0.2) is 0 Å². The summed E-state index contributed by atoms with van der Waals surface area (Å²) in [6, 6.07) is 71.8. The zero-order chi connectivity index (χ0) is 40.2. The van der Waals surface area contributed by atoms with Gasteiger partial charge in [0.1, 0.15) is 0 Å². The lowest BCUT2D eigenvalue weighted by atomic mass is 9.29. The molecular weight excluding hydrogens is 750 g/mol. The minimum absolute atomic E-state index is 0.0141. The van der Waals surface area contributed by atoms with E-state index in [0.29, 0.717) is 0 Å². The van der Waals surface area contributed by atoms with Crippen LogP contribution in [0.15, 0.2) is 194 Å². The normalized spacial score (nSPS) is 13.7. The third kappa shape index (κ3) is 4.09. The average Bonchev–Trinajstić information content (AvgIpc) is 3.33. The van der Waals surface area contributed by atoms with Gasteiger partial charge in [-0.05, 0) is 98.3 Å². The Balaban J connectivity index is 1.10. The first kappa shape index (κ1) is 32.8. The smallest absolute Gasteiger partial charge is 0.248 e. The standard InChI is InChI=1S/C56H32B2N4/c1-3-15-33(16-4-1)61-47-29-13-23-39-53(47)57(41-25-11-21-37-35-19-7-9-27-45(35)59-55(39)51(37)41)43-31-44-50(32-49(43)61)62(34-17-5-2-6-18-34)48-30-14-24-40-54(48)58(44)42-26-12-22-38-36-20-8-10-28-46(36)60-56(40)52(38)42/h1-32H. The van der Waals surface area contributed by atoms with Gasteiger partial charge in [0.05, 0.1) is 22.4 Å². The number of fused-ring (bicyclic) bond motifs is 12. The molecule has 282 valence electrons. The number of rotatable bonds is 2. The molecule has 0 amide bonds. The molecule has 0 aliphatic carbocycles. The summed E-state index contributed by atoms with van der Waals surface area (Å²) in [5.41, 5.74) is 21.5. The number of hydrogen-bond donors (Lipinski definition) is 0. The molecule has 0 saturated heterocycles. The number of aromatic nitrogens is 2. The van der Waals surface area contributed by atoms with Gasteiger partial charge in [-0.3, -0.25) is 0 Å². The molecule has 0 fully saturated rings. The van der Waals surface area contributed by atoms with Gasteiger partial charge < -0.3 is 9.80 Å². The molecule has 0 unspecified atom stereocenters. The topological polar surface area (TPSA) is 32.3 Å². The number of benzene rings is 9. The van der Waals surface area contributed by atoms with Crippen molar-refractivity contribution in [1.29, 1.82) is 0 Å². The van der Waals surface area contributed by atoms with Crippen molar-refractivity contribution in [2.75, 3.05) is 9.80 Å². The molecule has 9 aromatic carbocycles. The maximum Gasteiger partial charge on any atom is 0.248 e. The van der Waals surface area contributed by atoms with Crippen LogP contribution in [0, 0.1) is 0 Å². The summed E-state index contributed by atoms with van der Waals surface area (Å²) >= 11 is 0. The van der Waals surface area contributed by atoms with Crippen LogP contribution < -0.4 is 42.6 Å². The Kier molecular flexibility index (Phi) is 6.29. The van der Waals surface area contributed by atoms with Crippen LogP contribution in [0.2, 0.25) is 0 Å². The van der Waals surface area contributed by atoms with Crippen LogP contribution in [0.4, 0.5) is 34.1 Å². The highest BCUT2D eigenvalue weighted by atomic mass is 15.2. The zero-order valence-corrected chi connectivity index (χ0v) is 33.4. The molecule has 62 heavy (non-hydrogen) atoms. The Morgan fingerprint density at radius 2 is 0.742 bits per heavy atom. The van der Waals surface area contributed by atoms with E-state index >= 15 is 0 Å². The highest BCUT2D eigenvalue weighted by Crippen LogP contribution is 2.47. The summed E-state index contributed by atoms with van der Waals surface area (Å²) in [4.78, 5) is 16.0. The van der Waals surface area contributed by atoms with E-state index in [1.807, 2.05) is 0 Å². The molecular formula is C56H32B2N4. The summed E-state index contributed by atoms with van der Waals surface area (Å²) in [5, 5.41) is 7.41. The van der Waals surface area contributed by atoms with Gasteiger partial charge in [0.25, 0.3) is 0 Å². The lowest BCUT2D eigenvalue weighted by molar-refractivity contribution is 1.26. The summed E-state index contributed by atoms with van der Waals surface area (Å²) in [6.45, 7) is -0.0283. The largest absolute Gasteiger partial charge is 0.311 e. The fourth-order valence-corrected chi connectivity index (χ4v) is 11.8. The SMILES string of the molecule is c1ccc(N2c3cc4c(cc3B3c5c(cccc52)-c2nc5ccccc5c5cccc3c25)B2c3c(cccc3N4c3ccccc3)-c3nc4ccccc4c4cccc2c34)cc1. The molecule has 0 atom stereocenters. The first-order chi connectivity index (χ1) is 30.8. The third-order valence-corrected chi connectivity index (χ3v) is 14.2. The molecule has 6 heteroatoms. The van der Waals surface area contributed by atoms with E-state index in [2.05, 4.69) is 204 Å². The zero-order valence-electron chi connectivity index (χ0n) is 33.4. The first-order valence-electron chi connectivity index (χ1n) is 21.6. The Morgan fingerprint density at radius 1 is 0.323 bits per heavy atom. The van der Waals surface area contributed by atoms with E-state index in [9.17, 15) is 0 Å². The number of pyridine rings is 2. The van der Waals surface area contributed by atoms with Gasteiger partial charge in [-0.1, -0.05) is 150 Å². The quantitative estimate of drug-likeness (QED) is 0.129. The van der Waals surface area contributed by atoms with Crippen LogP contribution >= 0.6 is 0 Å². The molecule has 11 aromatic rings. The van der Waals surface area contributed by atoms with Crippen molar-refractivity contribution in [3.63, 3.8) is 0 Å². The van der Waals surface area contributed by atoms with Gasteiger partial charge in [-0.2, -0.15) is 0 Å². The minimum Gasteiger partial charge on any atom is -0.311 e. The van der Waals surface area contributed by atoms with Crippen LogP contribution in [0.3, 0.4) is 0 Å². The van der Waals surface area contributed by atoms with Crippen molar-refractivity contribution >= 4 is 124 Å². The highest BCUT2D eigenvalue weighted by molar-refractivity contribution is 7.03. The second kappa shape index (κ2) is 11.9. The molecule has 0 N–H and O–H groups in total. The summed E-state index contributed by atoms with van der Waals surface area (Å²) in [5.74, 6) is 0. The van der Waals surface area contributed by atoms with Crippen molar-refractivity contribution in [1.82, 2.24) is 9.97 Å². The molecule has 4 aliphatic heterocycles. The Bertz CT molecular complexity index is 3550. The minimum atomic E-state index is -0.0141. The van der Waals surface area contributed by atoms with Gasteiger partial charge in [-0.25, -0.2) is 9.97 Å². The second-order valence-corrected chi connectivity index (χ2v) is 17.1. The molecule has 2 aromatic heterocycles. The molecule has 15 rings (SSSR count). The van der Waals surface area contributed by atoms with Crippen LogP contribution in [0.5, 0.6) is 0 Å². The first-order valence-corrected chi connectivity index (χ1v) is 21.6. The summed E-state index contributed by atoms with van der Waals surface area (Å²) < 4.78 is 0. The Hall–Kier alpha value is -7.95. The molecule has 0 radical (unpaired) electrons. The number of para-hydroxylation sites is 4. The van der Waals surface area contributed by atoms with Crippen LogP contribution in [-0.2, 0) is 0 Å². The molecule has 4 nitrogen and oxygen atoms in total. The second-order valence-electron chi connectivity index (χ2n) is 17.1. The maximum atomic E-state index is 5.48. The highest BCUT2D eigenvalue weighted by Gasteiger charge is 2.46. The van der Waals surface area contributed by atoms with E-state index in [1.54, 1.807) is 0 Å². The number of nitrogens with zero attached hydrogens (tertiary/aromatic N) is 4. The van der Waals surface area contributed by atoms with Gasteiger partial charge in [-0.15, -0.1) is 0 Å². The Labute approximate surface area is 358 Å². The third-order valence-electron chi connectivity index (χ3n) is 14.2. The Morgan fingerprint density at radius 3 is 1.23 bits per heavy atom. The molecule has 6 heterocycles. The predicted molar refractivity (Wildman–Crippen MR) is 262 cm³/mol. The number of hydrogen-bond acceptors (Lipinski definition) is 4. The molecule has 0 bridgehead atoms. The molecule has 0 spiro atoms. The fourth-order valence-electron chi connectivity index (χ4n) is 11.8. The van der Waals surface area contributed by atoms with Crippen molar-refractivity contribution < 1.29 is 0 Å². The van der Waals surface area contributed by atoms with E-state index in [0.717, 1.165) is 33.8 Å². The van der Waals surface area contributed by atoms with Gasteiger partial charge in [0.2, 0.25) is 13.4 Å². The van der Waals surface area contributed by atoms with E-state index in [1.165, 1.54) is 99.0 Å². The lowest BCUT2D eigenvalue weighted by Gasteiger charge is -2.44. The molecule has 0 saturated carbocycles. The summed E-state index contributed by atoms with van der Waals surface area (Å²) in [7, 11) is 0. The van der Waals surface area contributed by atoms with Crippen LogP contribution in [-0.4, -0.2) is 23.4 Å². The van der Waals surface area contributed by atoms with Crippen LogP contribution in [0.25, 0.3) is 65.9 Å². The van der Waals surface area contributed by atoms with Crippen molar-refractivity contribution in [2.45, 2.75) is 0 Å². The van der Waals surface area contributed by atoms with Gasteiger partial charge >= 0.3 is 0 Å². The summed E-state index contributed by atoms with van der Waals surface area (Å²) in [6.07, 6.45) is 0. The van der Waals surface area contributed by atoms with E-state index in [-0.39, 0.29) is 13.4 Å². The monoisotopic (exact) mass is 782 g/mol. The van der Waals surface area contributed by atoms with Crippen molar-refractivity contribution in [2.24, 2.45) is 0 Å². The molecule has 4 aliphatic rings. The van der Waals surface area contributed by atoms with Crippen LogP contribution in [0.1, 0.15) is 0 Å². The van der Waals surface area contributed by atoms with E-state index < -0.39 is 0 Å². The predicted octanol–water partition coefficient (Wildman–Crippen LogP) is 9.65. The van der Waals surface area contributed by atoms with E-state index in [4.69, 9.17) is 9.97 Å². The lowest BCUT2D eigenvalue weighted by Crippen LogP contribution is -2.63. The average molecular weight is 783 g/mol.